The number of hydrogen-bond donors (Lipinski definition) is 0. The molecule has 0 fully saturated rings. The van der Waals surface area contributed by atoms with Crippen LogP contribution in [0, 0.1) is 0 Å². The molecule has 8 nitrogen and oxygen atoms in total. The topological polar surface area (TPSA) is 90.7 Å². The summed E-state index contributed by atoms with van der Waals surface area (Å²) in [6, 6.07) is 14.3. The molecule has 0 spiro atoms. The van der Waals surface area contributed by atoms with E-state index in [1.165, 1.54) is 16.6 Å². The van der Waals surface area contributed by atoms with Crippen LogP contribution in [-0.4, -0.2) is 40.2 Å². The lowest BCUT2D eigenvalue weighted by atomic mass is 10.1. The summed E-state index contributed by atoms with van der Waals surface area (Å²) in [5.74, 6) is -0.135. The Morgan fingerprint density at radius 3 is 2.62 bits per heavy atom. The Morgan fingerprint density at radius 2 is 1.86 bits per heavy atom. The lowest BCUT2D eigenvalue weighted by molar-refractivity contribution is 0.0603. The minimum Gasteiger partial charge on any atom is -0.465 e. The van der Waals surface area contributed by atoms with Crippen molar-refractivity contribution in [2.24, 2.45) is 0 Å². The first-order chi connectivity index (χ1) is 14.1. The molecule has 29 heavy (non-hydrogen) atoms. The van der Waals surface area contributed by atoms with Gasteiger partial charge in [-0.15, -0.1) is 0 Å². The second-order valence-electron chi connectivity index (χ2n) is 6.64. The fourth-order valence-corrected chi connectivity index (χ4v) is 3.38. The highest BCUT2D eigenvalue weighted by atomic mass is 16.6. The Bertz CT molecular complexity index is 1140. The fourth-order valence-electron chi connectivity index (χ4n) is 3.38. The number of fused-ring (bicyclic) bond motifs is 2. The zero-order chi connectivity index (χ0) is 20.4. The summed E-state index contributed by atoms with van der Waals surface area (Å²) in [7, 11) is 1.27. The van der Waals surface area contributed by atoms with Gasteiger partial charge >= 0.3 is 12.1 Å². The Labute approximate surface area is 166 Å². The number of aromatic nitrogens is 2. The van der Waals surface area contributed by atoms with Gasteiger partial charge < -0.3 is 9.47 Å². The third-order valence-corrected chi connectivity index (χ3v) is 4.86. The van der Waals surface area contributed by atoms with E-state index < -0.39 is 12.1 Å². The van der Waals surface area contributed by atoms with Gasteiger partial charge in [0, 0.05) is 13.1 Å². The molecular weight excluding hydrogens is 374 g/mol. The third kappa shape index (κ3) is 3.56. The number of methoxy groups -OCH3 is 1. The van der Waals surface area contributed by atoms with Crippen molar-refractivity contribution in [3.8, 4) is 0 Å². The third-order valence-electron chi connectivity index (χ3n) is 4.86. The fraction of sp³-hybridized carbons (Fsp3) is 0.238. The predicted molar refractivity (Wildman–Crippen MR) is 104 cm³/mol. The van der Waals surface area contributed by atoms with Crippen molar-refractivity contribution < 1.29 is 19.1 Å². The molecule has 0 bridgehead atoms. The van der Waals surface area contributed by atoms with Gasteiger partial charge in [0.15, 0.2) is 0 Å². The summed E-state index contributed by atoms with van der Waals surface area (Å²) in [4.78, 5) is 43.5. The van der Waals surface area contributed by atoms with E-state index in [1.807, 2.05) is 30.3 Å². The average molecular weight is 393 g/mol. The lowest BCUT2D eigenvalue weighted by Crippen LogP contribution is -2.43. The van der Waals surface area contributed by atoms with Gasteiger partial charge in [0.1, 0.15) is 12.4 Å². The SMILES string of the molecule is COC(=O)c1cccc2nc3n(c(=O)c12)CCN(C(=O)OCc1ccccc1)C3. The molecule has 0 aliphatic carbocycles. The van der Waals surface area contributed by atoms with Crippen molar-refractivity contribution in [1.29, 1.82) is 0 Å². The Balaban J connectivity index is 1.59. The van der Waals surface area contributed by atoms with Crippen molar-refractivity contribution in [1.82, 2.24) is 14.5 Å². The van der Waals surface area contributed by atoms with Crippen LogP contribution < -0.4 is 5.56 Å². The molecule has 4 rings (SSSR count). The molecule has 8 heteroatoms. The number of amides is 1. The molecule has 3 aromatic rings. The van der Waals surface area contributed by atoms with Gasteiger partial charge in [-0.1, -0.05) is 36.4 Å². The monoisotopic (exact) mass is 393 g/mol. The van der Waals surface area contributed by atoms with E-state index in [-0.39, 0.29) is 36.2 Å². The first kappa shape index (κ1) is 18.7. The Kier molecular flexibility index (Phi) is 4.99. The van der Waals surface area contributed by atoms with Crippen molar-refractivity contribution >= 4 is 23.0 Å². The van der Waals surface area contributed by atoms with Crippen LogP contribution in [0.5, 0.6) is 0 Å². The molecule has 1 aromatic heterocycles. The van der Waals surface area contributed by atoms with Gasteiger partial charge in [0.05, 0.1) is 30.1 Å². The van der Waals surface area contributed by atoms with Crippen molar-refractivity contribution in [2.75, 3.05) is 13.7 Å². The molecule has 1 aliphatic heterocycles. The molecule has 2 aromatic carbocycles. The first-order valence-electron chi connectivity index (χ1n) is 9.15. The minimum atomic E-state index is -0.586. The maximum Gasteiger partial charge on any atom is 0.410 e. The standard InChI is InChI=1S/C21H19N3O5/c1-28-20(26)15-8-5-9-16-18(15)19(25)24-11-10-23(12-17(24)22-16)21(27)29-13-14-6-3-2-4-7-14/h2-9H,10-13H2,1H3. The second kappa shape index (κ2) is 7.75. The zero-order valence-electron chi connectivity index (χ0n) is 15.8. The van der Waals surface area contributed by atoms with Crippen molar-refractivity contribution in [2.45, 2.75) is 19.7 Å². The molecule has 0 N–H and O–H groups in total. The van der Waals surface area contributed by atoms with Crippen LogP contribution in [0.4, 0.5) is 4.79 Å². The molecular formula is C21H19N3O5. The van der Waals surface area contributed by atoms with Gasteiger partial charge in [0.25, 0.3) is 5.56 Å². The van der Waals surface area contributed by atoms with E-state index in [1.54, 1.807) is 18.2 Å². The molecule has 148 valence electrons. The summed E-state index contributed by atoms with van der Waals surface area (Å²) in [6.45, 7) is 0.916. The first-order valence-corrected chi connectivity index (χ1v) is 9.15. The number of hydrogen-bond acceptors (Lipinski definition) is 6. The molecule has 0 unspecified atom stereocenters. The summed E-state index contributed by atoms with van der Waals surface area (Å²) >= 11 is 0. The molecule has 2 heterocycles. The van der Waals surface area contributed by atoms with Crippen LogP contribution in [0.1, 0.15) is 21.7 Å². The number of benzene rings is 2. The molecule has 0 saturated carbocycles. The van der Waals surface area contributed by atoms with E-state index in [2.05, 4.69) is 4.98 Å². The normalized spacial score (nSPS) is 13.1. The zero-order valence-corrected chi connectivity index (χ0v) is 15.8. The van der Waals surface area contributed by atoms with Gasteiger partial charge in [-0.3, -0.25) is 14.3 Å². The van der Waals surface area contributed by atoms with Crippen LogP contribution in [0.2, 0.25) is 0 Å². The van der Waals surface area contributed by atoms with E-state index in [4.69, 9.17) is 9.47 Å². The van der Waals surface area contributed by atoms with Crippen LogP contribution in [-0.2, 0) is 29.2 Å². The highest BCUT2D eigenvalue weighted by Gasteiger charge is 2.26. The summed E-state index contributed by atoms with van der Waals surface area (Å²) < 4.78 is 11.6. The summed E-state index contributed by atoms with van der Waals surface area (Å²) in [5.41, 5.74) is 1.16. The van der Waals surface area contributed by atoms with Gasteiger partial charge in [-0.2, -0.15) is 0 Å². The number of nitrogens with zero attached hydrogens (tertiary/aromatic N) is 3. The highest BCUT2D eigenvalue weighted by molar-refractivity contribution is 6.03. The maximum absolute atomic E-state index is 13.0. The number of carbonyl (C=O) groups is 2. The summed E-state index contributed by atoms with van der Waals surface area (Å²) in [5, 5.41) is 0.225. The molecule has 0 saturated heterocycles. The molecule has 0 radical (unpaired) electrons. The summed E-state index contributed by atoms with van der Waals surface area (Å²) in [6.07, 6.45) is -0.460. The van der Waals surface area contributed by atoms with Crippen LogP contribution in [0.15, 0.2) is 53.3 Å². The average Bonchev–Trinajstić information content (AvgIpc) is 2.77. The van der Waals surface area contributed by atoms with Crippen LogP contribution in [0.3, 0.4) is 0 Å². The Hall–Kier alpha value is -3.68. The van der Waals surface area contributed by atoms with Gasteiger partial charge in [-0.05, 0) is 17.7 Å². The van der Waals surface area contributed by atoms with E-state index in [9.17, 15) is 14.4 Å². The van der Waals surface area contributed by atoms with Gasteiger partial charge in [0.2, 0.25) is 0 Å². The van der Waals surface area contributed by atoms with Gasteiger partial charge in [-0.25, -0.2) is 14.6 Å². The van der Waals surface area contributed by atoms with Crippen molar-refractivity contribution in [3.63, 3.8) is 0 Å². The molecule has 1 aliphatic rings. The van der Waals surface area contributed by atoms with Crippen LogP contribution in [0.25, 0.3) is 10.9 Å². The van der Waals surface area contributed by atoms with E-state index in [0.717, 1.165) is 5.56 Å². The quantitative estimate of drug-likeness (QED) is 0.635. The maximum atomic E-state index is 13.0. The van der Waals surface area contributed by atoms with Crippen molar-refractivity contribution in [3.05, 3.63) is 75.8 Å². The van der Waals surface area contributed by atoms with E-state index >= 15 is 0 Å². The number of rotatable bonds is 3. The Morgan fingerprint density at radius 1 is 1.07 bits per heavy atom. The molecule has 1 amide bonds. The van der Waals surface area contributed by atoms with E-state index in [0.29, 0.717) is 17.9 Å². The number of esters is 1. The minimum absolute atomic E-state index is 0.154. The number of ether oxygens (including phenoxy) is 2. The number of carbonyl (C=O) groups excluding carboxylic acids is 2. The smallest absolute Gasteiger partial charge is 0.410 e. The molecule has 0 atom stereocenters. The second-order valence-corrected chi connectivity index (χ2v) is 6.64. The predicted octanol–water partition coefficient (Wildman–Crippen LogP) is 2.34. The highest BCUT2D eigenvalue weighted by Crippen LogP contribution is 2.18. The lowest BCUT2D eigenvalue weighted by Gasteiger charge is -2.28. The van der Waals surface area contributed by atoms with Crippen LogP contribution >= 0.6 is 0 Å². The largest absolute Gasteiger partial charge is 0.465 e.